The van der Waals surface area contributed by atoms with Gasteiger partial charge in [-0.3, -0.25) is 4.79 Å². The molecule has 5 heteroatoms. The van der Waals surface area contributed by atoms with Crippen LogP contribution in [-0.2, 0) is 13.0 Å². The van der Waals surface area contributed by atoms with Crippen LogP contribution in [0.5, 0.6) is 0 Å². The molecule has 2 aromatic carbocycles. The van der Waals surface area contributed by atoms with Gasteiger partial charge in [0, 0.05) is 12.2 Å². The molecule has 3 nitrogen and oxygen atoms in total. The maximum absolute atomic E-state index is 13.5. The van der Waals surface area contributed by atoms with Crippen molar-refractivity contribution in [3.8, 4) is 0 Å². The molecule has 1 aliphatic rings. The van der Waals surface area contributed by atoms with E-state index in [-0.39, 0.29) is 15.9 Å². The molecule has 0 aliphatic carbocycles. The largest absolute Gasteiger partial charge is 0.322 e. The normalized spacial score (nSPS) is 13.6. The summed E-state index contributed by atoms with van der Waals surface area (Å²) >= 11 is 3.12. The number of carbonyl (C=O) groups excluding carboxylic acids is 1. The van der Waals surface area contributed by atoms with Crippen molar-refractivity contribution in [3.63, 3.8) is 0 Å². The fraction of sp³-hybridized carbons (Fsp3) is 0.188. The minimum atomic E-state index is -0.445. The first-order chi connectivity index (χ1) is 10.2. The molecule has 0 atom stereocenters. The van der Waals surface area contributed by atoms with E-state index in [4.69, 9.17) is 0 Å². The molecule has 0 aromatic heterocycles. The summed E-state index contributed by atoms with van der Waals surface area (Å²) in [5, 5.41) is 6.17. The van der Waals surface area contributed by atoms with Crippen molar-refractivity contribution in [2.45, 2.75) is 13.0 Å². The zero-order valence-corrected chi connectivity index (χ0v) is 12.8. The Morgan fingerprint density at radius 1 is 1.24 bits per heavy atom. The van der Waals surface area contributed by atoms with E-state index < -0.39 is 5.82 Å². The van der Waals surface area contributed by atoms with Crippen molar-refractivity contribution in [1.29, 1.82) is 0 Å². The van der Waals surface area contributed by atoms with Crippen molar-refractivity contribution in [2.75, 3.05) is 11.9 Å². The lowest BCUT2D eigenvalue weighted by molar-refractivity contribution is 0.102. The molecule has 0 saturated heterocycles. The van der Waals surface area contributed by atoms with Crippen LogP contribution >= 0.6 is 15.9 Å². The molecule has 2 N–H and O–H groups in total. The van der Waals surface area contributed by atoms with Gasteiger partial charge in [-0.2, -0.15) is 0 Å². The zero-order valence-electron chi connectivity index (χ0n) is 11.2. The molecule has 3 rings (SSSR count). The average Bonchev–Trinajstić information content (AvgIpc) is 2.50. The summed E-state index contributed by atoms with van der Waals surface area (Å²) in [7, 11) is 0. The molecule has 0 spiro atoms. The molecule has 2 aromatic rings. The van der Waals surface area contributed by atoms with E-state index in [1.807, 2.05) is 12.1 Å². The van der Waals surface area contributed by atoms with Crippen LogP contribution in [0.1, 0.15) is 21.5 Å². The van der Waals surface area contributed by atoms with Crippen LogP contribution in [0.2, 0.25) is 0 Å². The zero-order chi connectivity index (χ0) is 14.8. The Morgan fingerprint density at radius 3 is 2.90 bits per heavy atom. The molecule has 0 unspecified atom stereocenters. The van der Waals surface area contributed by atoms with E-state index in [1.165, 1.54) is 17.7 Å². The predicted molar refractivity (Wildman–Crippen MR) is 83.9 cm³/mol. The van der Waals surface area contributed by atoms with Crippen LogP contribution in [-0.4, -0.2) is 12.5 Å². The number of fused-ring (bicyclic) bond motifs is 1. The van der Waals surface area contributed by atoms with Gasteiger partial charge in [-0.25, -0.2) is 4.39 Å². The van der Waals surface area contributed by atoms with Gasteiger partial charge in [0.15, 0.2) is 0 Å². The Kier molecular flexibility index (Phi) is 4.03. The monoisotopic (exact) mass is 348 g/mol. The summed E-state index contributed by atoms with van der Waals surface area (Å²) in [5.74, 6) is -0.764. The smallest absolute Gasteiger partial charge is 0.256 e. The Morgan fingerprint density at radius 2 is 2.05 bits per heavy atom. The third kappa shape index (κ3) is 2.84. The Labute approximate surface area is 130 Å². The molecule has 0 bridgehead atoms. The highest BCUT2D eigenvalue weighted by atomic mass is 79.9. The molecule has 21 heavy (non-hydrogen) atoms. The highest BCUT2D eigenvalue weighted by molar-refractivity contribution is 9.10. The molecule has 1 heterocycles. The third-order valence-electron chi connectivity index (χ3n) is 3.59. The lowest BCUT2D eigenvalue weighted by Gasteiger charge is -2.20. The Bertz CT molecular complexity index is 703. The third-order valence-corrected chi connectivity index (χ3v) is 4.40. The van der Waals surface area contributed by atoms with E-state index in [1.54, 1.807) is 6.07 Å². The van der Waals surface area contributed by atoms with Crippen LogP contribution in [0.3, 0.4) is 0 Å². The first kappa shape index (κ1) is 14.2. The summed E-state index contributed by atoms with van der Waals surface area (Å²) < 4.78 is 13.7. The molecule has 1 amide bonds. The second-order valence-corrected chi connectivity index (χ2v) is 5.72. The van der Waals surface area contributed by atoms with E-state index in [0.717, 1.165) is 30.8 Å². The maximum atomic E-state index is 13.5. The summed E-state index contributed by atoms with van der Waals surface area (Å²) in [4.78, 5) is 12.3. The number of anilines is 1. The lowest BCUT2D eigenvalue weighted by atomic mass is 9.99. The van der Waals surface area contributed by atoms with Gasteiger partial charge in [0.2, 0.25) is 0 Å². The highest BCUT2D eigenvalue weighted by Crippen LogP contribution is 2.25. The van der Waals surface area contributed by atoms with Crippen LogP contribution in [0, 0.1) is 5.82 Å². The predicted octanol–water partition coefficient (Wildman–Crippen LogP) is 3.49. The fourth-order valence-corrected chi connectivity index (χ4v) is 2.94. The van der Waals surface area contributed by atoms with Crippen molar-refractivity contribution in [1.82, 2.24) is 5.32 Å². The van der Waals surface area contributed by atoms with Crippen LogP contribution in [0.15, 0.2) is 40.9 Å². The number of amides is 1. The standard InChI is InChI=1S/C16H14BrFN2O/c17-15-11(4-2-5-13(15)18)16(21)20-14-6-1-3-10-7-8-19-9-12(10)14/h1-6,19H,7-9H2,(H,20,21). The summed E-state index contributed by atoms with van der Waals surface area (Å²) in [6.07, 6.45) is 0.947. The van der Waals surface area contributed by atoms with Gasteiger partial charge in [-0.15, -0.1) is 0 Å². The number of rotatable bonds is 2. The lowest BCUT2D eigenvalue weighted by Crippen LogP contribution is -2.25. The van der Waals surface area contributed by atoms with E-state index in [2.05, 4.69) is 32.6 Å². The molecule has 0 radical (unpaired) electrons. The number of hydrogen-bond acceptors (Lipinski definition) is 2. The maximum Gasteiger partial charge on any atom is 0.256 e. The molecule has 0 fully saturated rings. The van der Waals surface area contributed by atoms with Gasteiger partial charge in [-0.05, 0) is 58.2 Å². The molecule has 0 saturated carbocycles. The van der Waals surface area contributed by atoms with E-state index >= 15 is 0 Å². The van der Waals surface area contributed by atoms with Gasteiger partial charge < -0.3 is 10.6 Å². The van der Waals surface area contributed by atoms with Crippen LogP contribution in [0.25, 0.3) is 0 Å². The molecule has 108 valence electrons. The van der Waals surface area contributed by atoms with Crippen molar-refractivity contribution in [3.05, 3.63) is 63.4 Å². The van der Waals surface area contributed by atoms with Gasteiger partial charge in [-0.1, -0.05) is 18.2 Å². The van der Waals surface area contributed by atoms with E-state index in [0.29, 0.717) is 0 Å². The fourth-order valence-electron chi connectivity index (χ4n) is 2.50. The SMILES string of the molecule is O=C(Nc1cccc2c1CNCC2)c1cccc(F)c1Br. The van der Waals surface area contributed by atoms with Gasteiger partial charge in [0.1, 0.15) is 5.82 Å². The second kappa shape index (κ2) is 5.95. The van der Waals surface area contributed by atoms with Gasteiger partial charge >= 0.3 is 0 Å². The Balaban J connectivity index is 1.90. The minimum absolute atomic E-state index is 0.186. The topological polar surface area (TPSA) is 41.1 Å². The number of hydrogen-bond donors (Lipinski definition) is 2. The first-order valence-corrected chi connectivity index (χ1v) is 7.53. The summed E-state index contributed by atoms with van der Waals surface area (Å²) in [6.45, 7) is 1.68. The van der Waals surface area contributed by atoms with Gasteiger partial charge in [0.25, 0.3) is 5.91 Å². The van der Waals surface area contributed by atoms with Crippen molar-refractivity contribution in [2.24, 2.45) is 0 Å². The van der Waals surface area contributed by atoms with E-state index in [9.17, 15) is 9.18 Å². The number of benzene rings is 2. The van der Waals surface area contributed by atoms with Crippen molar-refractivity contribution < 1.29 is 9.18 Å². The quantitative estimate of drug-likeness (QED) is 0.872. The summed E-state index contributed by atoms with van der Waals surface area (Å²) in [6, 6.07) is 10.3. The second-order valence-electron chi connectivity index (χ2n) is 4.93. The first-order valence-electron chi connectivity index (χ1n) is 6.73. The number of nitrogens with one attached hydrogen (secondary N) is 2. The minimum Gasteiger partial charge on any atom is -0.322 e. The molecule has 1 aliphatic heterocycles. The van der Waals surface area contributed by atoms with Crippen molar-refractivity contribution >= 4 is 27.5 Å². The number of carbonyl (C=O) groups is 1. The average molecular weight is 349 g/mol. The number of halogens is 2. The van der Waals surface area contributed by atoms with Crippen LogP contribution in [0.4, 0.5) is 10.1 Å². The summed E-state index contributed by atoms with van der Waals surface area (Å²) in [5.41, 5.74) is 3.41. The van der Waals surface area contributed by atoms with Crippen LogP contribution < -0.4 is 10.6 Å². The van der Waals surface area contributed by atoms with Gasteiger partial charge in [0.05, 0.1) is 10.0 Å². The molecular formula is C16H14BrFN2O. The highest BCUT2D eigenvalue weighted by Gasteiger charge is 2.17. The molecular weight excluding hydrogens is 335 g/mol. The Hall–Kier alpha value is -1.72.